The number of piperidine rings is 1. The van der Waals surface area contributed by atoms with Gasteiger partial charge in [-0.05, 0) is 45.1 Å². The van der Waals surface area contributed by atoms with Gasteiger partial charge < -0.3 is 20.3 Å². The Hall–Kier alpha value is -1.39. The van der Waals surface area contributed by atoms with Gasteiger partial charge in [-0.1, -0.05) is 30.3 Å². The topological polar surface area (TPSA) is 69.2 Å². The van der Waals surface area contributed by atoms with Gasteiger partial charge in [0.15, 0.2) is 5.96 Å². The van der Waals surface area contributed by atoms with Crippen molar-refractivity contribution in [2.45, 2.75) is 58.2 Å². The minimum Gasteiger partial charge on any atom is -0.379 e. The smallest absolute Gasteiger partial charge is 0.243 e. The molecule has 0 aliphatic carbocycles. The highest BCUT2D eigenvalue weighted by molar-refractivity contribution is 14.0. The minimum atomic E-state index is 0. The number of nitrogens with one attached hydrogen (secondary N) is 2. The van der Waals surface area contributed by atoms with E-state index in [1.807, 2.05) is 0 Å². The first-order chi connectivity index (χ1) is 14.9. The Balaban J connectivity index is 0.00000512. The largest absolute Gasteiger partial charge is 0.379 e. The fourth-order valence-electron chi connectivity index (χ4n) is 3.46. The number of amides is 1. The molecule has 1 aliphatic heterocycles. The first-order valence-corrected chi connectivity index (χ1v) is 11.6. The fourth-order valence-corrected chi connectivity index (χ4v) is 3.46. The summed E-state index contributed by atoms with van der Waals surface area (Å²) in [6.07, 6.45) is 4.42. The Labute approximate surface area is 211 Å². The van der Waals surface area contributed by atoms with Crippen LogP contribution in [0.5, 0.6) is 0 Å². The number of aliphatic imine (C=N–C) groups is 1. The second kappa shape index (κ2) is 16.3. The number of unbranched alkanes of at least 4 members (excludes halogenated alkanes) is 1. The standard InChI is InChI=1S/C24H41N5O2.HI/c1-20(2)31-17-9-8-14-25-24(26-18-23(30)28(3)4)27-22-12-15-29(16-13-22)19-21-10-6-5-7-11-21;/h5-7,10-11,20,22H,8-9,12-19H2,1-4H3,(H2,25,26,27);1H. The lowest BCUT2D eigenvalue weighted by molar-refractivity contribution is -0.127. The van der Waals surface area contributed by atoms with Gasteiger partial charge >= 0.3 is 0 Å². The Kier molecular flexibility index (Phi) is 14.6. The summed E-state index contributed by atoms with van der Waals surface area (Å²) < 4.78 is 5.60. The molecule has 1 aliphatic rings. The zero-order valence-corrected chi connectivity index (χ0v) is 22.5. The molecule has 2 rings (SSSR count). The molecule has 1 aromatic rings. The summed E-state index contributed by atoms with van der Waals surface area (Å²) in [7, 11) is 3.52. The maximum atomic E-state index is 12.0. The van der Waals surface area contributed by atoms with Crippen molar-refractivity contribution in [3.63, 3.8) is 0 Å². The molecule has 182 valence electrons. The number of guanidine groups is 1. The molecule has 0 atom stereocenters. The molecule has 0 saturated carbocycles. The molecule has 8 heteroatoms. The third-order valence-electron chi connectivity index (χ3n) is 5.36. The van der Waals surface area contributed by atoms with Crippen LogP contribution in [0.25, 0.3) is 0 Å². The summed E-state index contributed by atoms with van der Waals surface area (Å²) in [5.74, 6) is 0.741. The Morgan fingerprint density at radius 3 is 2.50 bits per heavy atom. The number of hydrogen-bond donors (Lipinski definition) is 2. The molecule has 0 spiro atoms. The summed E-state index contributed by atoms with van der Waals surface area (Å²) >= 11 is 0. The molecule has 0 radical (unpaired) electrons. The van der Waals surface area contributed by atoms with E-state index in [4.69, 9.17) is 4.74 Å². The van der Waals surface area contributed by atoms with E-state index >= 15 is 0 Å². The van der Waals surface area contributed by atoms with Crippen molar-refractivity contribution in [3.8, 4) is 0 Å². The number of nitrogens with zero attached hydrogens (tertiary/aromatic N) is 3. The highest BCUT2D eigenvalue weighted by Gasteiger charge is 2.20. The maximum absolute atomic E-state index is 12.0. The molecule has 1 amide bonds. The molecule has 1 aromatic carbocycles. The van der Waals surface area contributed by atoms with Gasteiger partial charge in [0.1, 0.15) is 6.54 Å². The third-order valence-corrected chi connectivity index (χ3v) is 5.36. The molecular weight excluding hydrogens is 517 g/mol. The SMILES string of the molecule is CC(C)OCCCCNC(=NCC(=O)N(C)C)NC1CCN(Cc2ccccc2)CC1.I. The monoisotopic (exact) mass is 559 g/mol. The second-order valence-corrected chi connectivity index (χ2v) is 8.69. The zero-order chi connectivity index (χ0) is 22.5. The Morgan fingerprint density at radius 1 is 1.19 bits per heavy atom. The molecule has 32 heavy (non-hydrogen) atoms. The normalized spacial score (nSPS) is 15.3. The lowest BCUT2D eigenvalue weighted by Crippen LogP contribution is -2.49. The predicted octanol–water partition coefficient (Wildman–Crippen LogP) is 3.10. The number of carbonyl (C=O) groups excluding carboxylic acids is 1. The Morgan fingerprint density at radius 2 is 1.88 bits per heavy atom. The molecule has 1 fully saturated rings. The molecule has 0 unspecified atom stereocenters. The van der Waals surface area contributed by atoms with Crippen LogP contribution in [0.1, 0.15) is 45.1 Å². The van der Waals surface area contributed by atoms with E-state index in [2.05, 4.69) is 64.7 Å². The molecule has 2 N–H and O–H groups in total. The number of benzene rings is 1. The Bertz CT molecular complexity index is 662. The first kappa shape index (κ1) is 28.6. The van der Waals surface area contributed by atoms with Crippen molar-refractivity contribution in [3.05, 3.63) is 35.9 Å². The minimum absolute atomic E-state index is 0. The summed E-state index contributed by atoms with van der Waals surface area (Å²) in [5.41, 5.74) is 1.36. The number of hydrogen-bond acceptors (Lipinski definition) is 4. The molecule has 1 heterocycles. The van der Waals surface area contributed by atoms with E-state index in [-0.39, 0.29) is 42.5 Å². The van der Waals surface area contributed by atoms with Gasteiger partial charge in [-0.2, -0.15) is 0 Å². The number of rotatable bonds is 11. The van der Waals surface area contributed by atoms with Crippen molar-refractivity contribution < 1.29 is 9.53 Å². The third kappa shape index (κ3) is 12.0. The highest BCUT2D eigenvalue weighted by Crippen LogP contribution is 2.13. The van der Waals surface area contributed by atoms with E-state index in [1.165, 1.54) is 5.56 Å². The van der Waals surface area contributed by atoms with E-state index in [1.54, 1.807) is 19.0 Å². The van der Waals surface area contributed by atoms with Gasteiger partial charge in [-0.15, -0.1) is 24.0 Å². The van der Waals surface area contributed by atoms with Gasteiger partial charge in [0.2, 0.25) is 5.91 Å². The zero-order valence-electron chi connectivity index (χ0n) is 20.2. The number of likely N-dealkylation sites (tertiary alicyclic amines) is 1. The second-order valence-electron chi connectivity index (χ2n) is 8.69. The van der Waals surface area contributed by atoms with Gasteiger partial charge in [0.05, 0.1) is 6.10 Å². The number of ether oxygens (including phenoxy) is 1. The van der Waals surface area contributed by atoms with E-state index in [0.717, 1.165) is 64.4 Å². The van der Waals surface area contributed by atoms with Crippen molar-refractivity contribution in [1.29, 1.82) is 0 Å². The average molecular weight is 560 g/mol. The quantitative estimate of drug-likeness (QED) is 0.189. The van der Waals surface area contributed by atoms with Crippen LogP contribution in [0.4, 0.5) is 0 Å². The van der Waals surface area contributed by atoms with Crippen LogP contribution in [-0.2, 0) is 16.1 Å². The summed E-state index contributed by atoms with van der Waals surface area (Å²) in [4.78, 5) is 20.6. The number of carbonyl (C=O) groups is 1. The van der Waals surface area contributed by atoms with E-state index < -0.39 is 0 Å². The van der Waals surface area contributed by atoms with Gasteiger partial charge in [0, 0.05) is 52.9 Å². The summed E-state index contributed by atoms with van der Waals surface area (Å²) in [5, 5.41) is 6.95. The van der Waals surface area contributed by atoms with Gasteiger partial charge in [-0.25, -0.2) is 4.99 Å². The number of likely N-dealkylation sites (N-methyl/N-ethyl adjacent to an activating group) is 1. The molecule has 0 aromatic heterocycles. The lowest BCUT2D eigenvalue weighted by Gasteiger charge is -2.33. The van der Waals surface area contributed by atoms with E-state index in [0.29, 0.717) is 6.04 Å². The van der Waals surface area contributed by atoms with Gasteiger partial charge in [-0.3, -0.25) is 9.69 Å². The van der Waals surface area contributed by atoms with Crippen LogP contribution in [-0.4, -0.2) is 80.7 Å². The average Bonchev–Trinajstić information content (AvgIpc) is 2.75. The van der Waals surface area contributed by atoms with Crippen LogP contribution < -0.4 is 10.6 Å². The molecule has 1 saturated heterocycles. The van der Waals surface area contributed by atoms with Crippen LogP contribution in [0.15, 0.2) is 35.3 Å². The van der Waals surface area contributed by atoms with Crippen LogP contribution in [0, 0.1) is 0 Å². The van der Waals surface area contributed by atoms with Crippen LogP contribution >= 0.6 is 24.0 Å². The van der Waals surface area contributed by atoms with E-state index in [9.17, 15) is 4.79 Å². The van der Waals surface area contributed by atoms with Crippen molar-refractivity contribution in [2.75, 3.05) is 46.9 Å². The van der Waals surface area contributed by atoms with Crippen LogP contribution in [0.2, 0.25) is 0 Å². The van der Waals surface area contributed by atoms with Crippen LogP contribution in [0.3, 0.4) is 0 Å². The van der Waals surface area contributed by atoms with Gasteiger partial charge in [0.25, 0.3) is 0 Å². The molecular formula is C24H42IN5O2. The van der Waals surface area contributed by atoms with Crippen molar-refractivity contribution in [2.24, 2.45) is 4.99 Å². The predicted molar refractivity (Wildman–Crippen MR) is 143 cm³/mol. The first-order valence-electron chi connectivity index (χ1n) is 11.6. The van der Waals surface area contributed by atoms with Crippen molar-refractivity contribution >= 4 is 35.8 Å². The molecule has 0 bridgehead atoms. The fraction of sp³-hybridized carbons (Fsp3) is 0.667. The lowest BCUT2D eigenvalue weighted by atomic mass is 10.0. The summed E-state index contributed by atoms with van der Waals surface area (Å²) in [6.45, 7) is 8.98. The number of halogens is 1. The maximum Gasteiger partial charge on any atom is 0.243 e. The highest BCUT2D eigenvalue weighted by atomic mass is 127. The molecule has 7 nitrogen and oxygen atoms in total. The summed E-state index contributed by atoms with van der Waals surface area (Å²) in [6, 6.07) is 11.0. The van der Waals surface area contributed by atoms with Crippen molar-refractivity contribution in [1.82, 2.24) is 20.4 Å².